The van der Waals surface area contributed by atoms with E-state index >= 15 is 0 Å². The summed E-state index contributed by atoms with van der Waals surface area (Å²) >= 11 is 0. The van der Waals surface area contributed by atoms with Gasteiger partial charge in [-0.05, 0) is 12.0 Å². The first-order chi connectivity index (χ1) is 9.66. The maximum atomic E-state index is 12.0. The Bertz CT molecular complexity index is 406. The number of ether oxygens (including phenoxy) is 1. The van der Waals surface area contributed by atoms with Crippen molar-refractivity contribution in [3.63, 3.8) is 0 Å². The molecular formula is C16H24N2O2. The summed E-state index contributed by atoms with van der Waals surface area (Å²) in [5, 5.41) is 2.84. The number of amides is 1. The molecule has 0 aromatic heterocycles. The third-order valence-corrected chi connectivity index (χ3v) is 3.15. The van der Waals surface area contributed by atoms with Gasteiger partial charge in [-0.1, -0.05) is 43.3 Å². The van der Waals surface area contributed by atoms with Crippen LogP contribution in [0.4, 0.5) is 0 Å². The molecule has 2 atom stereocenters. The summed E-state index contributed by atoms with van der Waals surface area (Å²) in [5.74, 6) is -0.320. The van der Waals surface area contributed by atoms with Gasteiger partial charge < -0.3 is 15.8 Å². The van der Waals surface area contributed by atoms with E-state index in [1.807, 2.05) is 37.3 Å². The number of carbonyl (C=O) groups is 1. The monoisotopic (exact) mass is 276 g/mol. The van der Waals surface area contributed by atoms with Crippen LogP contribution in [0.1, 0.15) is 24.9 Å². The minimum atomic E-state index is -0.294. The van der Waals surface area contributed by atoms with Gasteiger partial charge in [-0.2, -0.15) is 0 Å². The Kier molecular flexibility index (Phi) is 7.62. The molecule has 2 unspecified atom stereocenters. The van der Waals surface area contributed by atoms with Crippen molar-refractivity contribution in [3.8, 4) is 0 Å². The van der Waals surface area contributed by atoms with E-state index in [4.69, 9.17) is 10.5 Å². The molecular weight excluding hydrogens is 252 g/mol. The van der Waals surface area contributed by atoms with Crippen molar-refractivity contribution in [2.75, 3.05) is 19.8 Å². The second-order valence-corrected chi connectivity index (χ2v) is 4.71. The molecule has 1 amide bonds. The lowest BCUT2D eigenvalue weighted by molar-refractivity contribution is -0.125. The highest BCUT2D eigenvalue weighted by atomic mass is 16.5. The van der Waals surface area contributed by atoms with Crippen LogP contribution in [0, 0.1) is 5.92 Å². The lowest BCUT2D eigenvalue weighted by atomic mass is 9.95. The molecule has 0 aliphatic heterocycles. The molecule has 4 nitrogen and oxygen atoms in total. The normalized spacial score (nSPS) is 13.5. The molecule has 0 radical (unpaired) electrons. The van der Waals surface area contributed by atoms with Crippen LogP contribution in [-0.4, -0.2) is 25.7 Å². The van der Waals surface area contributed by atoms with Gasteiger partial charge in [0.1, 0.15) is 0 Å². The highest BCUT2D eigenvalue weighted by Gasteiger charge is 2.21. The van der Waals surface area contributed by atoms with Crippen molar-refractivity contribution in [1.29, 1.82) is 0 Å². The average molecular weight is 276 g/mol. The van der Waals surface area contributed by atoms with Gasteiger partial charge in [-0.3, -0.25) is 4.79 Å². The fourth-order valence-corrected chi connectivity index (χ4v) is 1.80. The third-order valence-electron chi connectivity index (χ3n) is 3.15. The van der Waals surface area contributed by atoms with Crippen molar-refractivity contribution < 1.29 is 9.53 Å². The molecule has 0 saturated heterocycles. The van der Waals surface area contributed by atoms with E-state index in [2.05, 4.69) is 11.9 Å². The van der Waals surface area contributed by atoms with Crippen LogP contribution in [-0.2, 0) is 9.53 Å². The number of carbonyl (C=O) groups excluding carboxylic acids is 1. The Morgan fingerprint density at radius 3 is 2.75 bits per heavy atom. The fourth-order valence-electron chi connectivity index (χ4n) is 1.80. The highest BCUT2D eigenvalue weighted by molar-refractivity contribution is 5.79. The van der Waals surface area contributed by atoms with E-state index in [-0.39, 0.29) is 17.9 Å². The number of rotatable bonds is 9. The molecule has 0 heterocycles. The van der Waals surface area contributed by atoms with Gasteiger partial charge in [-0.25, -0.2) is 0 Å². The Hall–Kier alpha value is -1.65. The van der Waals surface area contributed by atoms with Gasteiger partial charge in [-0.15, -0.1) is 6.58 Å². The summed E-state index contributed by atoms with van der Waals surface area (Å²) in [7, 11) is 0. The van der Waals surface area contributed by atoms with E-state index < -0.39 is 0 Å². The van der Waals surface area contributed by atoms with E-state index in [0.29, 0.717) is 19.8 Å². The summed E-state index contributed by atoms with van der Waals surface area (Å²) in [6.07, 6.45) is 2.63. The molecule has 0 aliphatic carbocycles. The third kappa shape index (κ3) is 5.55. The zero-order valence-corrected chi connectivity index (χ0v) is 12.0. The van der Waals surface area contributed by atoms with Crippen LogP contribution >= 0.6 is 0 Å². The summed E-state index contributed by atoms with van der Waals surface area (Å²) in [6.45, 7) is 7.10. The first-order valence-electron chi connectivity index (χ1n) is 6.93. The maximum Gasteiger partial charge on any atom is 0.224 e. The molecule has 110 valence electrons. The topological polar surface area (TPSA) is 64.3 Å². The summed E-state index contributed by atoms with van der Waals surface area (Å²) in [6, 6.07) is 9.36. The first-order valence-corrected chi connectivity index (χ1v) is 6.93. The second kappa shape index (κ2) is 9.28. The van der Waals surface area contributed by atoms with Crippen LogP contribution < -0.4 is 11.1 Å². The Labute approximate surface area is 121 Å². The first kappa shape index (κ1) is 16.4. The molecule has 1 aromatic carbocycles. The second-order valence-electron chi connectivity index (χ2n) is 4.71. The van der Waals surface area contributed by atoms with Crippen LogP contribution in [0.25, 0.3) is 0 Å². The van der Waals surface area contributed by atoms with E-state index in [9.17, 15) is 4.79 Å². The van der Waals surface area contributed by atoms with Gasteiger partial charge in [0.15, 0.2) is 0 Å². The van der Waals surface area contributed by atoms with E-state index in [1.54, 1.807) is 6.08 Å². The van der Waals surface area contributed by atoms with Crippen LogP contribution in [0.2, 0.25) is 0 Å². The quantitative estimate of drug-likeness (QED) is 0.536. The maximum absolute atomic E-state index is 12.0. The van der Waals surface area contributed by atoms with Crippen molar-refractivity contribution >= 4 is 5.91 Å². The van der Waals surface area contributed by atoms with Crippen LogP contribution in [0.15, 0.2) is 43.0 Å². The number of nitrogens with one attached hydrogen (secondary N) is 1. The zero-order valence-electron chi connectivity index (χ0n) is 12.0. The number of hydrogen-bond donors (Lipinski definition) is 2. The molecule has 0 bridgehead atoms. The minimum absolute atomic E-state index is 0.0475. The summed E-state index contributed by atoms with van der Waals surface area (Å²) < 4.78 is 5.33. The van der Waals surface area contributed by atoms with Crippen molar-refractivity contribution in [3.05, 3.63) is 48.6 Å². The van der Waals surface area contributed by atoms with Crippen molar-refractivity contribution in [2.45, 2.75) is 19.4 Å². The average Bonchev–Trinajstić information content (AvgIpc) is 2.50. The standard InChI is InChI=1S/C16H24N2O2/c1-3-4-11-20-12-10-18-16(19)13(2)15(17)14-8-6-5-7-9-14/h3,5-9,13,15H,1,4,10-12,17H2,2H3,(H,18,19). The molecule has 0 spiro atoms. The summed E-state index contributed by atoms with van der Waals surface area (Å²) in [5.41, 5.74) is 7.08. The number of hydrogen-bond acceptors (Lipinski definition) is 3. The lowest BCUT2D eigenvalue weighted by Gasteiger charge is -2.19. The molecule has 1 rings (SSSR count). The molecule has 1 aromatic rings. The lowest BCUT2D eigenvalue weighted by Crippen LogP contribution is -2.37. The molecule has 20 heavy (non-hydrogen) atoms. The molecule has 4 heteroatoms. The van der Waals surface area contributed by atoms with Crippen molar-refractivity contribution in [1.82, 2.24) is 5.32 Å². The van der Waals surface area contributed by atoms with Crippen LogP contribution in [0.5, 0.6) is 0 Å². The Morgan fingerprint density at radius 2 is 2.10 bits per heavy atom. The number of benzene rings is 1. The van der Waals surface area contributed by atoms with Gasteiger partial charge >= 0.3 is 0 Å². The SMILES string of the molecule is C=CCCOCCNC(=O)C(C)C(N)c1ccccc1. The van der Waals surface area contributed by atoms with Gasteiger partial charge in [0.25, 0.3) is 0 Å². The largest absolute Gasteiger partial charge is 0.379 e. The van der Waals surface area contributed by atoms with Gasteiger partial charge in [0.2, 0.25) is 5.91 Å². The highest BCUT2D eigenvalue weighted by Crippen LogP contribution is 2.18. The van der Waals surface area contributed by atoms with Gasteiger partial charge in [0, 0.05) is 12.6 Å². The molecule has 0 saturated carbocycles. The predicted octanol–water partition coefficient (Wildman–Crippen LogP) is 2.03. The molecule has 0 fully saturated rings. The Morgan fingerprint density at radius 1 is 1.40 bits per heavy atom. The summed E-state index contributed by atoms with van der Waals surface area (Å²) in [4.78, 5) is 12.0. The van der Waals surface area contributed by atoms with Gasteiger partial charge in [0.05, 0.1) is 19.1 Å². The van der Waals surface area contributed by atoms with E-state index in [0.717, 1.165) is 12.0 Å². The van der Waals surface area contributed by atoms with E-state index in [1.165, 1.54) is 0 Å². The molecule has 0 aliphatic rings. The fraction of sp³-hybridized carbons (Fsp3) is 0.438. The van der Waals surface area contributed by atoms with Crippen molar-refractivity contribution in [2.24, 2.45) is 11.7 Å². The number of nitrogens with two attached hydrogens (primary N) is 1. The van der Waals surface area contributed by atoms with Crippen LogP contribution in [0.3, 0.4) is 0 Å². The zero-order chi connectivity index (χ0) is 14.8. The smallest absolute Gasteiger partial charge is 0.224 e. The predicted molar refractivity (Wildman–Crippen MR) is 81.2 cm³/mol. The Balaban J connectivity index is 2.30. The minimum Gasteiger partial charge on any atom is -0.379 e. The molecule has 3 N–H and O–H groups in total.